The molecule has 2 unspecified atom stereocenters. The third-order valence-electron chi connectivity index (χ3n) is 4.22. The Labute approximate surface area is 110 Å². The Bertz CT molecular complexity index is 397. The lowest BCUT2D eigenvalue weighted by Gasteiger charge is -2.17. The van der Waals surface area contributed by atoms with Gasteiger partial charge in [0.25, 0.3) is 0 Å². The second-order valence-corrected chi connectivity index (χ2v) is 5.63. The highest BCUT2D eigenvalue weighted by molar-refractivity contribution is 5.65. The van der Waals surface area contributed by atoms with Gasteiger partial charge in [0.2, 0.25) is 0 Å². The molecule has 0 bridgehead atoms. The van der Waals surface area contributed by atoms with Gasteiger partial charge in [-0.25, -0.2) is 0 Å². The molecule has 1 heterocycles. The molecular weight excluding hydrogens is 224 g/mol. The number of nitrogens with two attached hydrogens (primary N) is 1. The van der Waals surface area contributed by atoms with Crippen LogP contribution in [0.4, 0.5) is 11.5 Å². The molecule has 4 heteroatoms. The summed E-state index contributed by atoms with van der Waals surface area (Å²) in [5, 5.41) is 8.00. The van der Waals surface area contributed by atoms with Crippen LogP contribution in [-0.2, 0) is 13.5 Å². The molecule has 0 aliphatic heterocycles. The number of rotatable bonds is 5. The largest absolute Gasteiger partial charge is 0.394 e. The summed E-state index contributed by atoms with van der Waals surface area (Å²) in [7, 11) is 1.97. The second kappa shape index (κ2) is 5.63. The Morgan fingerprint density at radius 3 is 2.83 bits per heavy atom. The molecule has 1 fully saturated rings. The number of nitrogen functional groups attached to an aromatic ring is 1. The van der Waals surface area contributed by atoms with Crippen LogP contribution >= 0.6 is 0 Å². The molecular formula is C14H26N4. The molecule has 102 valence electrons. The Morgan fingerprint density at radius 2 is 2.22 bits per heavy atom. The lowest BCUT2D eigenvalue weighted by molar-refractivity contribution is 0.438. The summed E-state index contributed by atoms with van der Waals surface area (Å²) in [6, 6.07) is 0. The fourth-order valence-corrected chi connectivity index (χ4v) is 2.98. The molecule has 1 aromatic heterocycles. The van der Waals surface area contributed by atoms with E-state index in [-0.39, 0.29) is 0 Å². The first kappa shape index (κ1) is 13.2. The molecule has 2 rings (SSSR count). The van der Waals surface area contributed by atoms with Crippen molar-refractivity contribution in [2.24, 2.45) is 18.9 Å². The maximum Gasteiger partial charge on any atom is 0.147 e. The van der Waals surface area contributed by atoms with Crippen LogP contribution in [0.5, 0.6) is 0 Å². The standard InChI is InChI=1S/C14H26N4/c1-4-6-12-13(15)14(18(3)17-12)16-9-11-8-5-7-10(11)2/h10-11,16H,4-9,15H2,1-3H3. The van der Waals surface area contributed by atoms with E-state index in [4.69, 9.17) is 5.73 Å². The van der Waals surface area contributed by atoms with Crippen LogP contribution in [0.3, 0.4) is 0 Å². The molecule has 0 aromatic carbocycles. The van der Waals surface area contributed by atoms with Crippen LogP contribution < -0.4 is 11.1 Å². The number of aromatic nitrogens is 2. The van der Waals surface area contributed by atoms with Crippen LogP contribution in [-0.4, -0.2) is 16.3 Å². The normalized spacial score (nSPS) is 23.5. The van der Waals surface area contributed by atoms with Crippen molar-refractivity contribution in [1.29, 1.82) is 0 Å². The monoisotopic (exact) mass is 250 g/mol. The van der Waals surface area contributed by atoms with E-state index in [1.54, 1.807) is 0 Å². The Balaban J connectivity index is 2.00. The quantitative estimate of drug-likeness (QED) is 0.845. The molecule has 1 aliphatic rings. The van der Waals surface area contributed by atoms with Crippen LogP contribution in [0.15, 0.2) is 0 Å². The average molecular weight is 250 g/mol. The van der Waals surface area contributed by atoms with E-state index >= 15 is 0 Å². The summed E-state index contributed by atoms with van der Waals surface area (Å²) in [6.07, 6.45) is 6.12. The first-order valence-corrected chi connectivity index (χ1v) is 7.18. The molecule has 18 heavy (non-hydrogen) atoms. The smallest absolute Gasteiger partial charge is 0.147 e. The Morgan fingerprint density at radius 1 is 1.44 bits per heavy atom. The maximum atomic E-state index is 6.16. The van der Waals surface area contributed by atoms with Crippen molar-refractivity contribution >= 4 is 11.5 Å². The van der Waals surface area contributed by atoms with Gasteiger partial charge in [-0.3, -0.25) is 4.68 Å². The van der Waals surface area contributed by atoms with Crippen molar-refractivity contribution in [3.05, 3.63) is 5.69 Å². The van der Waals surface area contributed by atoms with Gasteiger partial charge in [-0.1, -0.05) is 33.1 Å². The summed E-state index contributed by atoms with van der Waals surface area (Å²) >= 11 is 0. The van der Waals surface area contributed by atoms with E-state index in [0.29, 0.717) is 0 Å². The van der Waals surface area contributed by atoms with Crippen LogP contribution in [0.25, 0.3) is 0 Å². The third kappa shape index (κ3) is 2.62. The van der Waals surface area contributed by atoms with E-state index in [9.17, 15) is 0 Å². The zero-order valence-corrected chi connectivity index (χ0v) is 11.9. The summed E-state index contributed by atoms with van der Waals surface area (Å²) in [5.74, 6) is 2.62. The summed E-state index contributed by atoms with van der Waals surface area (Å²) < 4.78 is 1.89. The fraction of sp³-hybridized carbons (Fsp3) is 0.786. The van der Waals surface area contributed by atoms with Crippen molar-refractivity contribution in [3.8, 4) is 0 Å². The Kier molecular flexibility index (Phi) is 4.15. The van der Waals surface area contributed by atoms with Crippen molar-refractivity contribution in [2.45, 2.75) is 46.0 Å². The van der Waals surface area contributed by atoms with Crippen LogP contribution in [0, 0.1) is 11.8 Å². The summed E-state index contributed by atoms with van der Waals surface area (Å²) in [5.41, 5.74) is 8.03. The number of nitrogens with zero attached hydrogens (tertiary/aromatic N) is 2. The van der Waals surface area contributed by atoms with Gasteiger partial charge in [0.15, 0.2) is 0 Å². The zero-order valence-electron chi connectivity index (χ0n) is 11.9. The minimum Gasteiger partial charge on any atom is -0.394 e. The van der Waals surface area contributed by atoms with Gasteiger partial charge < -0.3 is 11.1 Å². The van der Waals surface area contributed by atoms with E-state index in [1.165, 1.54) is 19.3 Å². The van der Waals surface area contributed by atoms with Crippen LogP contribution in [0.2, 0.25) is 0 Å². The molecule has 0 saturated heterocycles. The number of hydrogen-bond acceptors (Lipinski definition) is 3. The van der Waals surface area contributed by atoms with E-state index in [2.05, 4.69) is 24.3 Å². The van der Waals surface area contributed by atoms with Crippen molar-refractivity contribution < 1.29 is 0 Å². The highest BCUT2D eigenvalue weighted by Gasteiger charge is 2.23. The first-order valence-electron chi connectivity index (χ1n) is 7.18. The highest BCUT2D eigenvalue weighted by Crippen LogP contribution is 2.32. The first-order chi connectivity index (χ1) is 8.63. The van der Waals surface area contributed by atoms with Crippen molar-refractivity contribution in [3.63, 3.8) is 0 Å². The molecule has 3 N–H and O–H groups in total. The van der Waals surface area contributed by atoms with Gasteiger partial charge in [0.05, 0.1) is 11.4 Å². The van der Waals surface area contributed by atoms with Crippen LogP contribution in [0.1, 0.15) is 45.2 Å². The summed E-state index contributed by atoms with van der Waals surface area (Å²) in [6.45, 7) is 5.53. The Hall–Kier alpha value is -1.19. The van der Waals surface area contributed by atoms with E-state index < -0.39 is 0 Å². The van der Waals surface area contributed by atoms with Gasteiger partial charge in [0.1, 0.15) is 5.82 Å². The minimum atomic E-state index is 0.786. The number of anilines is 2. The second-order valence-electron chi connectivity index (χ2n) is 5.63. The van der Waals surface area contributed by atoms with Gasteiger partial charge in [-0.15, -0.1) is 0 Å². The number of nitrogens with one attached hydrogen (secondary N) is 1. The maximum absolute atomic E-state index is 6.16. The average Bonchev–Trinajstić information content (AvgIpc) is 2.84. The van der Waals surface area contributed by atoms with Gasteiger partial charge in [-0.05, 0) is 24.7 Å². The molecule has 0 spiro atoms. The summed E-state index contributed by atoms with van der Waals surface area (Å²) in [4.78, 5) is 0. The molecule has 2 atom stereocenters. The number of aryl methyl sites for hydroxylation is 2. The van der Waals surface area contributed by atoms with Gasteiger partial charge in [0, 0.05) is 13.6 Å². The molecule has 4 nitrogen and oxygen atoms in total. The minimum absolute atomic E-state index is 0.786. The lowest BCUT2D eigenvalue weighted by atomic mass is 9.98. The molecule has 1 aliphatic carbocycles. The molecule has 0 radical (unpaired) electrons. The van der Waals surface area contributed by atoms with E-state index in [0.717, 1.165) is 48.4 Å². The van der Waals surface area contributed by atoms with Gasteiger partial charge >= 0.3 is 0 Å². The zero-order chi connectivity index (χ0) is 13.1. The SMILES string of the molecule is CCCc1nn(C)c(NCC2CCCC2C)c1N. The van der Waals surface area contributed by atoms with Crippen molar-refractivity contribution in [1.82, 2.24) is 9.78 Å². The molecule has 1 saturated carbocycles. The predicted molar refractivity (Wildman–Crippen MR) is 76.6 cm³/mol. The number of hydrogen-bond donors (Lipinski definition) is 2. The lowest BCUT2D eigenvalue weighted by Crippen LogP contribution is -2.18. The fourth-order valence-electron chi connectivity index (χ4n) is 2.98. The third-order valence-corrected chi connectivity index (χ3v) is 4.22. The van der Waals surface area contributed by atoms with Crippen molar-refractivity contribution in [2.75, 3.05) is 17.6 Å². The van der Waals surface area contributed by atoms with Gasteiger partial charge in [-0.2, -0.15) is 5.10 Å². The topological polar surface area (TPSA) is 55.9 Å². The van der Waals surface area contributed by atoms with E-state index in [1.807, 2.05) is 11.7 Å². The molecule has 1 aromatic rings. The predicted octanol–water partition coefficient (Wildman–Crippen LogP) is 2.80. The molecule has 0 amide bonds. The highest BCUT2D eigenvalue weighted by atomic mass is 15.3.